The Bertz CT molecular complexity index is 638. The van der Waals surface area contributed by atoms with Gasteiger partial charge >= 0.3 is 6.01 Å². The van der Waals surface area contributed by atoms with Crippen molar-refractivity contribution < 1.29 is 13.9 Å². The summed E-state index contributed by atoms with van der Waals surface area (Å²) >= 11 is 0. The van der Waals surface area contributed by atoms with E-state index in [1.54, 1.807) is 0 Å². The molecule has 3 rings (SSSR count). The van der Waals surface area contributed by atoms with E-state index in [-0.39, 0.29) is 12.5 Å². The molecule has 0 radical (unpaired) electrons. The molecule has 1 aromatic heterocycles. The van der Waals surface area contributed by atoms with Gasteiger partial charge in [-0.3, -0.25) is 4.79 Å². The van der Waals surface area contributed by atoms with Gasteiger partial charge in [0.25, 0.3) is 0 Å². The minimum Gasteiger partial charge on any atom is -0.405 e. The van der Waals surface area contributed by atoms with Crippen LogP contribution in [0.2, 0.25) is 0 Å². The third-order valence-corrected chi connectivity index (χ3v) is 3.77. The van der Waals surface area contributed by atoms with Crippen molar-refractivity contribution >= 4 is 11.9 Å². The number of hydrogen-bond donors (Lipinski definition) is 1. The third-order valence-electron chi connectivity index (χ3n) is 3.77. The molecule has 7 heteroatoms. The van der Waals surface area contributed by atoms with Crippen LogP contribution in [0.4, 0.5) is 6.01 Å². The van der Waals surface area contributed by atoms with Gasteiger partial charge in [0, 0.05) is 20.2 Å². The van der Waals surface area contributed by atoms with Crippen LogP contribution in [0.25, 0.3) is 0 Å². The molecule has 0 saturated carbocycles. The van der Waals surface area contributed by atoms with Gasteiger partial charge in [-0.05, 0) is 18.4 Å². The van der Waals surface area contributed by atoms with Gasteiger partial charge in [-0.1, -0.05) is 35.4 Å². The highest BCUT2D eigenvalue weighted by Crippen LogP contribution is 2.25. The minimum atomic E-state index is -0.484. The number of rotatable bonds is 6. The third kappa shape index (κ3) is 3.68. The van der Waals surface area contributed by atoms with Gasteiger partial charge in [0.2, 0.25) is 11.8 Å². The lowest BCUT2D eigenvalue weighted by Crippen LogP contribution is -2.32. The fraction of sp³-hybridized carbons (Fsp3) is 0.438. The fourth-order valence-corrected chi connectivity index (χ4v) is 2.65. The molecule has 1 amide bonds. The van der Waals surface area contributed by atoms with Crippen LogP contribution >= 0.6 is 0 Å². The number of amides is 1. The Kier molecular flexibility index (Phi) is 4.87. The molecule has 0 bridgehead atoms. The number of ether oxygens (including phenoxy) is 1. The Morgan fingerprint density at radius 1 is 1.30 bits per heavy atom. The van der Waals surface area contributed by atoms with Crippen molar-refractivity contribution in [1.29, 1.82) is 0 Å². The standard InChI is InChI=1S/C16H20N4O3/c1-22-11-13(21)17-14(12-7-3-2-4-8-12)15-18-19-16(23-15)20-9-5-6-10-20/h2-4,7-8,14H,5-6,9-11H2,1H3,(H,17,21). The zero-order valence-electron chi connectivity index (χ0n) is 13.1. The summed E-state index contributed by atoms with van der Waals surface area (Å²) in [5, 5.41) is 11.1. The second kappa shape index (κ2) is 7.23. The first-order valence-electron chi connectivity index (χ1n) is 7.69. The Morgan fingerprint density at radius 3 is 2.74 bits per heavy atom. The number of nitrogens with zero attached hydrogens (tertiary/aromatic N) is 3. The molecular formula is C16H20N4O3. The summed E-state index contributed by atoms with van der Waals surface area (Å²) in [4.78, 5) is 14.0. The number of carbonyl (C=O) groups excluding carboxylic acids is 1. The van der Waals surface area contributed by atoms with Crippen LogP contribution in [0.5, 0.6) is 0 Å². The van der Waals surface area contributed by atoms with E-state index >= 15 is 0 Å². The molecule has 1 aliphatic rings. The van der Waals surface area contributed by atoms with E-state index in [2.05, 4.69) is 20.4 Å². The number of methoxy groups -OCH3 is 1. The Hall–Kier alpha value is -2.41. The van der Waals surface area contributed by atoms with Crippen LogP contribution in [0.1, 0.15) is 30.3 Å². The summed E-state index contributed by atoms with van der Waals surface area (Å²) in [6.07, 6.45) is 2.26. The second-order valence-corrected chi connectivity index (χ2v) is 5.46. The second-order valence-electron chi connectivity index (χ2n) is 5.46. The van der Waals surface area contributed by atoms with Crippen molar-refractivity contribution in [3.8, 4) is 0 Å². The quantitative estimate of drug-likeness (QED) is 0.870. The van der Waals surface area contributed by atoms with Gasteiger partial charge in [0.15, 0.2) is 0 Å². The highest BCUT2D eigenvalue weighted by Gasteiger charge is 2.25. The summed E-state index contributed by atoms with van der Waals surface area (Å²) in [6, 6.07) is 9.59. The molecule has 1 fully saturated rings. The van der Waals surface area contributed by atoms with Crippen molar-refractivity contribution in [2.24, 2.45) is 0 Å². The van der Waals surface area contributed by atoms with E-state index in [0.29, 0.717) is 11.9 Å². The predicted octanol–water partition coefficient (Wildman–Crippen LogP) is 1.52. The number of carbonyl (C=O) groups is 1. The molecule has 0 spiro atoms. The van der Waals surface area contributed by atoms with E-state index in [1.807, 2.05) is 30.3 Å². The number of anilines is 1. The van der Waals surface area contributed by atoms with Gasteiger partial charge in [0.1, 0.15) is 12.6 Å². The van der Waals surface area contributed by atoms with Crippen LogP contribution in [0, 0.1) is 0 Å². The lowest BCUT2D eigenvalue weighted by atomic mass is 10.1. The van der Waals surface area contributed by atoms with Crippen molar-refractivity contribution in [1.82, 2.24) is 15.5 Å². The monoisotopic (exact) mass is 316 g/mol. The predicted molar refractivity (Wildman–Crippen MR) is 84.0 cm³/mol. The molecule has 1 atom stereocenters. The average molecular weight is 316 g/mol. The molecule has 1 saturated heterocycles. The SMILES string of the molecule is COCC(=O)NC(c1ccccc1)c1nnc(N2CCCC2)o1. The summed E-state index contributed by atoms with van der Waals surface area (Å²) in [6.45, 7) is 1.83. The summed E-state index contributed by atoms with van der Waals surface area (Å²) in [5.74, 6) is 0.143. The first kappa shape index (κ1) is 15.5. The Labute approximate surface area is 134 Å². The number of hydrogen-bond acceptors (Lipinski definition) is 6. The highest BCUT2D eigenvalue weighted by molar-refractivity contribution is 5.78. The molecule has 122 valence electrons. The Balaban J connectivity index is 1.84. The average Bonchev–Trinajstić information content (AvgIpc) is 3.25. The molecule has 1 unspecified atom stereocenters. The van der Waals surface area contributed by atoms with E-state index in [4.69, 9.17) is 9.15 Å². The molecule has 0 aliphatic carbocycles. The Morgan fingerprint density at radius 2 is 2.04 bits per heavy atom. The van der Waals surface area contributed by atoms with Crippen molar-refractivity contribution in [3.05, 3.63) is 41.8 Å². The van der Waals surface area contributed by atoms with Gasteiger partial charge in [-0.15, -0.1) is 5.10 Å². The maximum absolute atomic E-state index is 11.9. The molecule has 7 nitrogen and oxygen atoms in total. The first-order chi connectivity index (χ1) is 11.3. The van der Waals surface area contributed by atoms with Crippen LogP contribution < -0.4 is 10.2 Å². The van der Waals surface area contributed by atoms with E-state index in [1.165, 1.54) is 7.11 Å². The van der Waals surface area contributed by atoms with E-state index in [0.717, 1.165) is 31.5 Å². The lowest BCUT2D eigenvalue weighted by molar-refractivity contribution is -0.125. The zero-order chi connectivity index (χ0) is 16.1. The summed E-state index contributed by atoms with van der Waals surface area (Å²) in [5.41, 5.74) is 0.883. The van der Waals surface area contributed by atoms with E-state index in [9.17, 15) is 4.79 Å². The smallest absolute Gasteiger partial charge is 0.318 e. The minimum absolute atomic E-state index is 0.0174. The topological polar surface area (TPSA) is 80.5 Å². The molecule has 2 aromatic rings. The summed E-state index contributed by atoms with van der Waals surface area (Å²) < 4.78 is 10.7. The van der Waals surface area contributed by atoms with Gasteiger partial charge in [-0.25, -0.2) is 0 Å². The molecule has 1 aromatic carbocycles. The number of nitrogens with one attached hydrogen (secondary N) is 1. The van der Waals surface area contributed by atoms with Crippen LogP contribution in [-0.4, -0.2) is 42.9 Å². The van der Waals surface area contributed by atoms with Crippen molar-refractivity contribution in [2.45, 2.75) is 18.9 Å². The van der Waals surface area contributed by atoms with Crippen molar-refractivity contribution in [3.63, 3.8) is 0 Å². The van der Waals surface area contributed by atoms with Crippen molar-refractivity contribution in [2.75, 3.05) is 31.7 Å². The van der Waals surface area contributed by atoms with Gasteiger partial charge < -0.3 is 19.4 Å². The number of benzene rings is 1. The summed E-state index contributed by atoms with van der Waals surface area (Å²) in [7, 11) is 1.48. The zero-order valence-corrected chi connectivity index (χ0v) is 13.1. The van der Waals surface area contributed by atoms with E-state index < -0.39 is 6.04 Å². The van der Waals surface area contributed by atoms with Gasteiger partial charge in [-0.2, -0.15) is 0 Å². The normalized spacial score (nSPS) is 15.6. The molecule has 23 heavy (non-hydrogen) atoms. The maximum Gasteiger partial charge on any atom is 0.318 e. The van der Waals surface area contributed by atoms with Gasteiger partial charge in [0.05, 0.1) is 0 Å². The molecule has 1 N–H and O–H groups in total. The van der Waals surface area contributed by atoms with Crippen LogP contribution in [0.15, 0.2) is 34.7 Å². The maximum atomic E-state index is 11.9. The molecule has 2 heterocycles. The van der Waals surface area contributed by atoms with Crippen LogP contribution in [0.3, 0.4) is 0 Å². The largest absolute Gasteiger partial charge is 0.405 e. The fourth-order valence-electron chi connectivity index (χ4n) is 2.65. The molecule has 1 aliphatic heterocycles. The highest BCUT2D eigenvalue weighted by atomic mass is 16.5. The number of aromatic nitrogens is 2. The molecular weight excluding hydrogens is 296 g/mol. The van der Waals surface area contributed by atoms with Crippen LogP contribution in [-0.2, 0) is 9.53 Å². The lowest BCUT2D eigenvalue weighted by Gasteiger charge is -2.16. The first-order valence-corrected chi connectivity index (χ1v) is 7.69.